The Morgan fingerprint density at radius 1 is 1.00 bits per heavy atom. The van der Waals surface area contributed by atoms with E-state index in [1.807, 2.05) is 6.20 Å². The van der Waals surface area contributed by atoms with E-state index in [1.54, 1.807) is 0 Å². The van der Waals surface area contributed by atoms with E-state index in [4.69, 9.17) is 0 Å². The molecule has 0 bridgehead atoms. The number of likely N-dealkylation sites (N-methyl/N-ethyl adjacent to an activating group) is 1. The lowest BCUT2D eigenvalue weighted by atomic mass is 10.0. The third kappa shape index (κ3) is 3.88. The zero-order valence-electron chi connectivity index (χ0n) is 17.8. The van der Waals surface area contributed by atoms with Crippen LogP contribution in [0.15, 0.2) is 36.5 Å². The van der Waals surface area contributed by atoms with Crippen molar-refractivity contribution in [1.29, 1.82) is 0 Å². The highest BCUT2D eigenvalue weighted by molar-refractivity contribution is 5.97. The Bertz CT molecular complexity index is 898. The molecule has 1 saturated carbocycles. The number of anilines is 4. The largest absolute Gasteiger partial charge is 0.369 e. The highest BCUT2D eigenvalue weighted by Gasteiger charge is 2.32. The van der Waals surface area contributed by atoms with Crippen molar-refractivity contribution in [3.05, 3.63) is 42.1 Å². The standard InChI is InChI=1S/C24H31N5O/c1-27-12-14-28(15-13-27)20-9-7-19(8-10-20)26-23-16-22-18(17-25-23)6-11-24(30)29(22)21-4-2-3-5-21/h7-10,16-17,21H,2-6,11-15H2,1H3,(H,25,26). The van der Waals surface area contributed by atoms with Crippen molar-refractivity contribution >= 4 is 28.8 Å². The fraction of sp³-hybridized carbons (Fsp3) is 0.500. The average molecular weight is 406 g/mol. The molecule has 0 atom stereocenters. The Morgan fingerprint density at radius 3 is 2.47 bits per heavy atom. The minimum atomic E-state index is 0.267. The van der Waals surface area contributed by atoms with Crippen LogP contribution in [-0.4, -0.2) is 55.1 Å². The highest BCUT2D eigenvalue weighted by Crippen LogP contribution is 2.36. The van der Waals surface area contributed by atoms with Gasteiger partial charge in [0.05, 0.1) is 5.69 Å². The topological polar surface area (TPSA) is 51.7 Å². The van der Waals surface area contributed by atoms with Gasteiger partial charge in [0.2, 0.25) is 5.91 Å². The quantitative estimate of drug-likeness (QED) is 0.839. The van der Waals surface area contributed by atoms with Crippen LogP contribution >= 0.6 is 0 Å². The van der Waals surface area contributed by atoms with Gasteiger partial charge in [-0.3, -0.25) is 4.79 Å². The normalized spacial score (nSPS) is 20.5. The van der Waals surface area contributed by atoms with E-state index in [1.165, 1.54) is 24.1 Å². The molecule has 30 heavy (non-hydrogen) atoms. The number of carbonyl (C=O) groups excluding carboxylic acids is 1. The molecular formula is C24H31N5O. The second-order valence-electron chi connectivity index (χ2n) is 8.86. The van der Waals surface area contributed by atoms with Gasteiger partial charge >= 0.3 is 0 Å². The summed E-state index contributed by atoms with van der Waals surface area (Å²) in [7, 11) is 2.18. The van der Waals surface area contributed by atoms with Crippen molar-refractivity contribution in [2.24, 2.45) is 0 Å². The molecule has 5 rings (SSSR count). The Hall–Kier alpha value is -2.60. The van der Waals surface area contributed by atoms with Crippen molar-refractivity contribution in [1.82, 2.24) is 9.88 Å². The van der Waals surface area contributed by atoms with E-state index in [2.05, 4.69) is 62.4 Å². The van der Waals surface area contributed by atoms with Crippen LogP contribution in [0.1, 0.15) is 37.7 Å². The molecule has 2 fully saturated rings. The summed E-state index contributed by atoms with van der Waals surface area (Å²) in [5.74, 6) is 1.07. The van der Waals surface area contributed by atoms with Crippen LogP contribution in [0.4, 0.5) is 22.9 Å². The first kappa shape index (κ1) is 19.4. The molecule has 6 nitrogen and oxygen atoms in total. The third-order valence-electron chi connectivity index (χ3n) is 6.80. The lowest BCUT2D eigenvalue weighted by Gasteiger charge is -2.34. The fourth-order valence-electron chi connectivity index (χ4n) is 4.99. The van der Waals surface area contributed by atoms with Crippen LogP contribution in [0.5, 0.6) is 0 Å². The van der Waals surface area contributed by atoms with E-state index in [0.717, 1.165) is 62.6 Å². The minimum Gasteiger partial charge on any atom is -0.369 e. The number of aromatic nitrogens is 1. The number of hydrogen-bond donors (Lipinski definition) is 1. The predicted molar refractivity (Wildman–Crippen MR) is 122 cm³/mol. The third-order valence-corrected chi connectivity index (χ3v) is 6.80. The number of piperazine rings is 1. The monoisotopic (exact) mass is 405 g/mol. The van der Waals surface area contributed by atoms with Crippen LogP contribution in [0, 0.1) is 0 Å². The molecule has 1 aromatic carbocycles. The summed E-state index contributed by atoms with van der Waals surface area (Å²) in [6.07, 6.45) is 8.02. The smallest absolute Gasteiger partial charge is 0.227 e. The van der Waals surface area contributed by atoms with Crippen molar-refractivity contribution in [3.8, 4) is 0 Å². The van der Waals surface area contributed by atoms with Crippen molar-refractivity contribution < 1.29 is 4.79 Å². The zero-order chi connectivity index (χ0) is 20.5. The summed E-state index contributed by atoms with van der Waals surface area (Å²) in [4.78, 5) is 24.2. The summed E-state index contributed by atoms with van der Waals surface area (Å²) in [6, 6.07) is 11.0. The van der Waals surface area contributed by atoms with E-state index < -0.39 is 0 Å². The minimum absolute atomic E-state index is 0.267. The molecule has 6 heteroatoms. The molecule has 2 aliphatic heterocycles. The number of amides is 1. The van der Waals surface area contributed by atoms with Crippen LogP contribution in [-0.2, 0) is 11.2 Å². The van der Waals surface area contributed by atoms with Crippen LogP contribution in [0.3, 0.4) is 0 Å². The molecule has 0 unspecified atom stereocenters. The van der Waals surface area contributed by atoms with E-state index in [9.17, 15) is 4.79 Å². The zero-order valence-corrected chi connectivity index (χ0v) is 17.8. The maximum Gasteiger partial charge on any atom is 0.227 e. The number of carbonyl (C=O) groups is 1. The van der Waals surface area contributed by atoms with Gasteiger partial charge in [-0.15, -0.1) is 0 Å². The van der Waals surface area contributed by atoms with Crippen molar-refractivity contribution in [3.63, 3.8) is 0 Å². The molecule has 0 radical (unpaired) electrons. The first-order chi connectivity index (χ1) is 14.7. The van der Waals surface area contributed by atoms with Gasteiger partial charge in [0.15, 0.2) is 0 Å². The number of benzene rings is 1. The van der Waals surface area contributed by atoms with E-state index in [-0.39, 0.29) is 5.91 Å². The maximum absolute atomic E-state index is 12.7. The molecule has 1 N–H and O–H groups in total. The lowest BCUT2D eigenvalue weighted by Crippen LogP contribution is -2.44. The number of fused-ring (bicyclic) bond motifs is 1. The summed E-state index contributed by atoms with van der Waals surface area (Å²) >= 11 is 0. The molecule has 1 aliphatic carbocycles. The summed E-state index contributed by atoms with van der Waals surface area (Å²) in [5, 5.41) is 3.44. The summed E-state index contributed by atoms with van der Waals surface area (Å²) < 4.78 is 0. The second-order valence-corrected chi connectivity index (χ2v) is 8.86. The number of pyridine rings is 1. The molecule has 3 aliphatic rings. The van der Waals surface area contributed by atoms with Gasteiger partial charge in [0.1, 0.15) is 5.82 Å². The van der Waals surface area contributed by atoms with Gasteiger partial charge in [-0.2, -0.15) is 0 Å². The van der Waals surface area contributed by atoms with E-state index in [0.29, 0.717) is 12.5 Å². The Morgan fingerprint density at radius 2 is 1.73 bits per heavy atom. The highest BCUT2D eigenvalue weighted by atomic mass is 16.2. The lowest BCUT2D eigenvalue weighted by molar-refractivity contribution is -0.119. The summed E-state index contributed by atoms with van der Waals surface area (Å²) in [6.45, 7) is 4.35. The fourth-order valence-corrected chi connectivity index (χ4v) is 4.99. The van der Waals surface area contributed by atoms with Gasteiger partial charge in [0, 0.05) is 62.3 Å². The van der Waals surface area contributed by atoms with E-state index >= 15 is 0 Å². The number of nitrogens with one attached hydrogen (secondary N) is 1. The number of aryl methyl sites for hydroxylation is 1. The Kier molecular flexibility index (Phi) is 5.34. The first-order valence-corrected chi connectivity index (χ1v) is 11.3. The molecule has 1 saturated heterocycles. The number of nitrogens with zero attached hydrogens (tertiary/aromatic N) is 4. The Balaban J connectivity index is 1.32. The predicted octanol–water partition coefficient (Wildman–Crippen LogP) is 3.80. The second kappa shape index (κ2) is 8.26. The summed E-state index contributed by atoms with van der Waals surface area (Å²) in [5.41, 5.74) is 4.54. The van der Waals surface area contributed by atoms with Gasteiger partial charge in [0.25, 0.3) is 0 Å². The molecule has 2 aromatic rings. The van der Waals surface area contributed by atoms with Crippen LogP contribution < -0.4 is 15.1 Å². The van der Waals surface area contributed by atoms with Gasteiger partial charge in [-0.1, -0.05) is 12.8 Å². The maximum atomic E-state index is 12.7. The number of rotatable bonds is 4. The van der Waals surface area contributed by atoms with Crippen molar-refractivity contribution in [2.45, 2.75) is 44.6 Å². The van der Waals surface area contributed by atoms with Gasteiger partial charge in [-0.25, -0.2) is 4.98 Å². The molecule has 1 amide bonds. The van der Waals surface area contributed by atoms with Gasteiger partial charge in [-0.05, 0) is 56.1 Å². The molecule has 0 spiro atoms. The SMILES string of the molecule is CN1CCN(c2ccc(Nc3cc4c(cn3)CCC(=O)N4C3CCCC3)cc2)CC1. The average Bonchev–Trinajstić information content (AvgIpc) is 3.29. The molecule has 1 aromatic heterocycles. The molecule has 158 valence electrons. The first-order valence-electron chi connectivity index (χ1n) is 11.3. The van der Waals surface area contributed by atoms with Crippen molar-refractivity contribution in [2.75, 3.05) is 48.3 Å². The number of hydrogen-bond acceptors (Lipinski definition) is 5. The van der Waals surface area contributed by atoms with Crippen LogP contribution in [0.25, 0.3) is 0 Å². The molecule has 3 heterocycles. The van der Waals surface area contributed by atoms with Crippen LogP contribution in [0.2, 0.25) is 0 Å². The van der Waals surface area contributed by atoms with Gasteiger partial charge < -0.3 is 20.0 Å². The molecular weight excluding hydrogens is 374 g/mol. The Labute approximate surface area is 178 Å².